The molecule has 0 spiro atoms. The average Bonchev–Trinajstić information content (AvgIpc) is 3.15. The van der Waals surface area contributed by atoms with Crippen LogP contribution in [-0.2, 0) is 11.3 Å². The summed E-state index contributed by atoms with van der Waals surface area (Å²) in [6.45, 7) is 10.4. The van der Waals surface area contributed by atoms with E-state index in [2.05, 4.69) is 38.0 Å². The van der Waals surface area contributed by atoms with E-state index in [1.54, 1.807) is 0 Å². The first-order valence-corrected chi connectivity index (χ1v) is 8.79. The first kappa shape index (κ1) is 15.4. The van der Waals surface area contributed by atoms with E-state index >= 15 is 0 Å². The van der Waals surface area contributed by atoms with E-state index in [0.717, 1.165) is 26.2 Å². The lowest BCUT2D eigenvalue weighted by Crippen LogP contribution is -2.35. The minimum atomic E-state index is 0.145. The normalized spacial score (nSPS) is 24.5. The summed E-state index contributed by atoms with van der Waals surface area (Å²) < 4.78 is 5.93. The summed E-state index contributed by atoms with van der Waals surface area (Å²) in [6, 6.07) is 0. The molecule has 1 saturated heterocycles. The highest BCUT2D eigenvalue weighted by Gasteiger charge is 2.32. The van der Waals surface area contributed by atoms with Crippen molar-refractivity contribution in [3.63, 3.8) is 0 Å². The number of aromatic nitrogens is 1. The number of nitrogens with one attached hydrogen (secondary N) is 1. The summed E-state index contributed by atoms with van der Waals surface area (Å²) in [5.74, 6) is 0.702. The lowest BCUT2D eigenvalue weighted by Gasteiger charge is -2.28. The van der Waals surface area contributed by atoms with Gasteiger partial charge in [-0.25, -0.2) is 4.98 Å². The van der Waals surface area contributed by atoms with Gasteiger partial charge < -0.3 is 15.0 Å². The first-order valence-electron chi connectivity index (χ1n) is 7.97. The van der Waals surface area contributed by atoms with Crippen molar-refractivity contribution in [1.29, 1.82) is 0 Å². The lowest BCUT2D eigenvalue weighted by atomic mass is 10.1. The third-order valence-corrected chi connectivity index (χ3v) is 5.20. The molecule has 2 heterocycles. The van der Waals surface area contributed by atoms with Crippen molar-refractivity contribution in [3.8, 4) is 0 Å². The Morgan fingerprint density at radius 3 is 2.76 bits per heavy atom. The van der Waals surface area contributed by atoms with E-state index in [1.165, 1.54) is 28.4 Å². The predicted molar refractivity (Wildman–Crippen MR) is 86.9 cm³/mol. The number of morpholine rings is 1. The fraction of sp³-hybridized carbons (Fsp3) is 0.812. The average molecular weight is 309 g/mol. The summed E-state index contributed by atoms with van der Waals surface area (Å²) >= 11 is 1.85. The molecule has 0 bridgehead atoms. The third kappa shape index (κ3) is 4.03. The zero-order chi connectivity index (χ0) is 15.0. The molecule has 2 aliphatic rings. The van der Waals surface area contributed by atoms with E-state index in [-0.39, 0.29) is 11.6 Å². The molecule has 1 aromatic heterocycles. The maximum atomic E-state index is 5.93. The Kier molecular flexibility index (Phi) is 4.37. The van der Waals surface area contributed by atoms with E-state index in [0.29, 0.717) is 5.92 Å². The Morgan fingerprint density at radius 1 is 1.38 bits per heavy atom. The molecule has 1 aliphatic carbocycles. The van der Waals surface area contributed by atoms with Gasteiger partial charge in [-0.2, -0.15) is 0 Å². The van der Waals surface area contributed by atoms with Gasteiger partial charge in [0.25, 0.3) is 0 Å². The molecule has 118 valence electrons. The van der Waals surface area contributed by atoms with Gasteiger partial charge in [-0.1, -0.05) is 0 Å². The van der Waals surface area contributed by atoms with Crippen LogP contribution >= 0.6 is 11.3 Å². The number of ether oxygens (including phenoxy) is 1. The van der Waals surface area contributed by atoms with Gasteiger partial charge in [0.2, 0.25) is 0 Å². The topological polar surface area (TPSA) is 37.4 Å². The molecule has 2 fully saturated rings. The number of hydrogen-bond donors (Lipinski definition) is 1. The molecule has 1 unspecified atom stereocenters. The van der Waals surface area contributed by atoms with Crippen molar-refractivity contribution in [2.45, 2.75) is 57.7 Å². The molecule has 4 nitrogen and oxygen atoms in total. The van der Waals surface area contributed by atoms with Crippen LogP contribution in [0.3, 0.4) is 0 Å². The van der Waals surface area contributed by atoms with Crippen molar-refractivity contribution in [3.05, 3.63) is 15.6 Å². The van der Waals surface area contributed by atoms with Crippen molar-refractivity contribution in [2.75, 3.05) is 26.7 Å². The van der Waals surface area contributed by atoms with Crippen LogP contribution in [0, 0.1) is 0 Å². The van der Waals surface area contributed by atoms with Crippen LogP contribution in [0.2, 0.25) is 0 Å². The number of likely N-dealkylation sites (N-methyl/N-ethyl adjacent to an activating group) is 1. The maximum Gasteiger partial charge on any atom is 0.123 e. The smallest absolute Gasteiger partial charge is 0.123 e. The molecule has 5 heteroatoms. The number of nitrogens with zero attached hydrogens (tertiary/aromatic N) is 2. The lowest BCUT2D eigenvalue weighted by molar-refractivity contribution is -0.0210. The highest BCUT2D eigenvalue weighted by Crippen LogP contribution is 2.44. The van der Waals surface area contributed by atoms with Gasteiger partial charge in [0.15, 0.2) is 0 Å². The summed E-state index contributed by atoms with van der Waals surface area (Å²) in [5, 5.41) is 4.78. The molecule has 21 heavy (non-hydrogen) atoms. The zero-order valence-corrected chi connectivity index (χ0v) is 14.4. The van der Waals surface area contributed by atoms with Crippen LogP contribution in [-0.4, -0.2) is 42.2 Å². The molecule has 0 radical (unpaired) electrons. The van der Waals surface area contributed by atoms with Gasteiger partial charge in [0.1, 0.15) is 11.1 Å². The van der Waals surface area contributed by atoms with Gasteiger partial charge in [0.05, 0.1) is 12.3 Å². The molecule has 1 N–H and O–H groups in total. The van der Waals surface area contributed by atoms with Gasteiger partial charge in [0, 0.05) is 36.0 Å². The molecule has 3 rings (SSSR count). The number of hydrogen-bond acceptors (Lipinski definition) is 5. The summed E-state index contributed by atoms with van der Waals surface area (Å²) in [5.41, 5.74) is 1.48. The van der Waals surface area contributed by atoms with Crippen LogP contribution in [0.4, 0.5) is 0 Å². The largest absolute Gasteiger partial charge is 0.368 e. The van der Waals surface area contributed by atoms with Crippen molar-refractivity contribution in [2.24, 2.45) is 0 Å². The standard InChI is InChI=1S/C16H27N3OS/c1-16(2,3)17-9-13-14(11-5-6-11)18-15(21-13)12-10-19(4)7-8-20-12/h11-12,17H,5-10H2,1-4H3. The minimum Gasteiger partial charge on any atom is -0.368 e. The zero-order valence-electron chi connectivity index (χ0n) is 13.6. The van der Waals surface area contributed by atoms with E-state index in [9.17, 15) is 0 Å². The second-order valence-corrected chi connectivity index (χ2v) is 8.48. The highest BCUT2D eigenvalue weighted by molar-refractivity contribution is 7.11. The van der Waals surface area contributed by atoms with Gasteiger partial charge in [-0.05, 0) is 40.7 Å². The fourth-order valence-electron chi connectivity index (χ4n) is 2.60. The van der Waals surface area contributed by atoms with Gasteiger partial charge in [-0.3, -0.25) is 0 Å². The minimum absolute atomic E-state index is 0.145. The van der Waals surface area contributed by atoms with Crippen LogP contribution in [0.15, 0.2) is 0 Å². The number of thiazole rings is 1. The van der Waals surface area contributed by atoms with Gasteiger partial charge >= 0.3 is 0 Å². The molecule has 1 atom stereocenters. The molecular formula is C16H27N3OS. The summed E-state index contributed by atoms with van der Waals surface area (Å²) in [7, 11) is 2.16. The van der Waals surface area contributed by atoms with E-state index in [1.807, 2.05) is 11.3 Å². The Hall–Kier alpha value is -0.490. The third-order valence-electron chi connectivity index (χ3n) is 4.03. The predicted octanol–water partition coefficient (Wildman–Crippen LogP) is 2.91. The first-order chi connectivity index (χ1) is 9.92. The van der Waals surface area contributed by atoms with Crippen LogP contribution in [0.25, 0.3) is 0 Å². The summed E-state index contributed by atoms with van der Waals surface area (Å²) in [6.07, 6.45) is 2.77. The van der Waals surface area contributed by atoms with Crippen molar-refractivity contribution >= 4 is 11.3 Å². The second kappa shape index (κ2) is 5.95. The molecule has 0 amide bonds. The van der Waals surface area contributed by atoms with E-state index < -0.39 is 0 Å². The summed E-state index contributed by atoms with van der Waals surface area (Å²) in [4.78, 5) is 8.71. The molecule has 1 aromatic rings. The molecule has 0 aromatic carbocycles. The quantitative estimate of drug-likeness (QED) is 0.928. The number of rotatable bonds is 4. The Morgan fingerprint density at radius 2 is 2.14 bits per heavy atom. The SMILES string of the molecule is CN1CCOC(c2nc(C3CC3)c(CNC(C)(C)C)s2)C1. The highest BCUT2D eigenvalue weighted by atomic mass is 32.1. The van der Waals surface area contributed by atoms with E-state index in [4.69, 9.17) is 9.72 Å². The molecular weight excluding hydrogens is 282 g/mol. The van der Waals surface area contributed by atoms with Crippen molar-refractivity contribution < 1.29 is 4.74 Å². The Bertz CT molecular complexity index is 490. The van der Waals surface area contributed by atoms with Crippen LogP contribution in [0.1, 0.15) is 61.2 Å². The van der Waals surface area contributed by atoms with Crippen LogP contribution < -0.4 is 5.32 Å². The molecule has 1 saturated carbocycles. The Balaban J connectivity index is 1.76. The van der Waals surface area contributed by atoms with Crippen LogP contribution in [0.5, 0.6) is 0 Å². The monoisotopic (exact) mass is 309 g/mol. The maximum absolute atomic E-state index is 5.93. The van der Waals surface area contributed by atoms with Gasteiger partial charge in [-0.15, -0.1) is 11.3 Å². The molecule has 1 aliphatic heterocycles. The van der Waals surface area contributed by atoms with Crippen molar-refractivity contribution in [1.82, 2.24) is 15.2 Å². The fourth-order valence-corrected chi connectivity index (χ4v) is 3.73. The second-order valence-electron chi connectivity index (χ2n) is 7.36. The Labute approximate surface area is 131 Å².